The number of para-hydroxylation sites is 2. The first kappa shape index (κ1) is 18.7. The largest absolute Gasteiger partial charge is 0.477 e. The van der Waals surface area contributed by atoms with Gasteiger partial charge in [0.1, 0.15) is 5.75 Å². The fraction of sp³-hybridized carbons (Fsp3) is 0.333. The summed E-state index contributed by atoms with van der Waals surface area (Å²) in [6, 6.07) is 18.5. The predicted molar refractivity (Wildman–Crippen MR) is 116 cm³/mol. The highest BCUT2D eigenvalue weighted by atomic mass is 16.5. The van der Waals surface area contributed by atoms with Crippen LogP contribution in [0.5, 0.6) is 5.75 Å². The minimum atomic E-state index is -0.501. The summed E-state index contributed by atoms with van der Waals surface area (Å²) in [7, 11) is 0. The number of hydrogen-bond acceptors (Lipinski definition) is 4. The average Bonchev–Trinajstić information content (AvgIpc) is 3.28. The van der Waals surface area contributed by atoms with Crippen LogP contribution in [-0.4, -0.2) is 34.4 Å². The predicted octanol–water partition coefficient (Wildman–Crippen LogP) is 3.55. The molecule has 1 fully saturated rings. The lowest BCUT2D eigenvalue weighted by Gasteiger charge is -2.38. The third-order valence-corrected chi connectivity index (χ3v) is 5.95. The zero-order valence-corrected chi connectivity index (χ0v) is 17.1. The van der Waals surface area contributed by atoms with E-state index in [-0.39, 0.29) is 11.9 Å². The fourth-order valence-corrected chi connectivity index (χ4v) is 4.30. The van der Waals surface area contributed by atoms with E-state index in [1.807, 2.05) is 35.1 Å². The maximum atomic E-state index is 12.8. The van der Waals surface area contributed by atoms with Crippen molar-refractivity contribution in [2.75, 3.05) is 11.4 Å². The Bertz CT molecular complexity index is 1010. The number of carbonyl (C=O) groups excluding carboxylic acids is 1. The number of fused-ring (bicyclic) bond motifs is 1. The Labute approximate surface area is 176 Å². The molecular weight excluding hydrogens is 376 g/mol. The maximum absolute atomic E-state index is 12.8. The third kappa shape index (κ3) is 3.77. The minimum Gasteiger partial charge on any atom is -0.477 e. The van der Waals surface area contributed by atoms with Crippen LogP contribution in [0.2, 0.25) is 0 Å². The summed E-state index contributed by atoms with van der Waals surface area (Å²) < 4.78 is 7.90. The number of benzene rings is 2. The van der Waals surface area contributed by atoms with Crippen LogP contribution >= 0.6 is 0 Å². The quantitative estimate of drug-likeness (QED) is 0.709. The van der Waals surface area contributed by atoms with Crippen molar-refractivity contribution in [1.29, 1.82) is 0 Å². The summed E-state index contributed by atoms with van der Waals surface area (Å²) in [4.78, 5) is 15.1. The number of rotatable bonds is 5. The van der Waals surface area contributed by atoms with Crippen molar-refractivity contribution >= 4 is 11.6 Å². The molecule has 5 rings (SSSR count). The summed E-state index contributed by atoms with van der Waals surface area (Å²) in [5.41, 5.74) is 3.22. The molecule has 3 aromatic rings. The Balaban J connectivity index is 1.32. The van der Waals surface area contributed by atoms with Crippen molar-refractivity contribution < 1.29 is 9.53 Å². The standard InChI is InChI=1S/C24H26N4O2/c1-17-13-19(14-17)26-24(29)23-16-27(21-5-2-3-6-22(21)30-23)15-18-7-9-20(10-8-18)28-12-4-11-25-28/h2-12,17,19,23H,13-16H2,1H3,(H,26,29)/t17-,19-,23?. The highest BCUT2D eigenvalue weighted by Gasteiger charge is 2.34. The Morgan fingerprint density at radius 1 is 1.13 bits per heavy atom. The molecule has 1 amide bonds. The molecule has 2 aliphatic rings. The van der Waals surface area contributed by atoms with Gasteiger partial charge in [-0.2, -0.15) is 5.10 Å². The van der Waals surface area contributed by atoms with Crippen molar-refractivity contribution in [3.8, 4) is 11.4 Å². The van der Waals surface area contributed by atoms with E-state index in [1.165, 1.54) is 5.56 Å². The molecule has 1 N–H and O–H groups in total. The average molecular weight is 402 g/mol. The van der Waals surface area contributed by atoms with Gasteiger partial charge in [0.05, 0.1) is 17.9 Å². The second-order valence-corrected chi connectivity index (χ2v) is 8.35. The Kier molecular flexibility index (Phi) is 4.91. The molecule has 1 atom stereocenters. The lowest BCUT2D eigenvalue weighted by molar-refractivity contribution is -0.129. The third-order valence-electron chi connectivity index (χ3n) is 5.95. The minimum absolute atomic E-state index is 0.0135. The summed E-state index contributed by atoms with van der Waals surface area (Å²) in [6.45, 7) is 3.46. The van der Waals surface area contributed by atoms with Gasteiger partial charge >= 0.3 is 0 Å². The zero-order valence-electron chi connectivity index (χ0n) is 17.1. The molecule has 2 heterocycles. The molecule has 6 heteroatoms. The number of amides is 1. The monoisotopic (exact) mass is 402 g/mol. The summed E-state index contributed by atoms with van der Waals surface area (Å²) in [5, 5.41) is 7.43. The topological polar surface area (TPSA) is 59.4 Å². The van der Waals surface area contributed by atoms with Gasteiger partial charge in [0, 0.05) is 25.0 Å². The zero-order chi connectivity index (χ0) is 20.5. The van der Waals surface area contributed by atoms with Gasteiger partial charge in [0.2, 0.25) is 0 Å². The first-order valence-corrected chi connectivity index (χ1v) is 10.6. The van der Waals surface area contributed by atoms with Crippen LogP contribution in [0, 0.1) is 5.92 Å². The van der Waals surface area contributed by atoms with Crippen molar-refractivity contribution in [3.05, 3.63) is 72.6 Å². The van der Waals surface area contributed by atoms with Crippen molar-refractivity contribution in [3.63, 3.8) is 0 Å². The highest BCUT2D eigenvalue weighted by molar-refractivity contribution is 5.83. The van der Waals surface area contributed by atoms with E-state index < -0.39 is 6.10 Å². The molecule has 1 aromatic heterocycles. The van der Waals surface area contributed by atoms with Gasteiger partial charge in [-0.15, -0.1) is 0 Å². The van der Waals surface area contributed by atoms with Crippen LogP contribution in [0.4, 0.5) is 5.69 Å². The fourth-order valence-electron chi connectivity index (χ4n) is 4.30. The number of carbonyl (C=O) groups is 1. The molecule has 0 radical (unpaired) electrons. The molecule has 2 aromatic carbocycles. The van der Waals surface area contributed by atoms with Crippen LogP contribution in [0.15, 0.2) is 67.0 Å². The summed E-state index contributed by atoms with van der Waals surface area (Å²) >= 11 is 0. The molecule has 1 unspecified atom stereocenters. The number of nitrogens with zero attached hydrogens (tertiary/aromatic N) is 3. The molecule has 0 spiro atoms. The van der Waals surface area contributed by atoms with E-state index >= 15 is 0 Å². The molecular formula is C24H26N4O2. The second-order valence-electron chi connectivity index (χ2n) is 8.35. The number of ether oxygens (including phenoxy) is 1. The van der Waals surface area contributed by atoms with E-state index in [9.17, 15) is 4.79 Å². The SMILES string of the molecule is C[C@H]1C[C@H](NC(=O)C2CN(Cc3ccc(-n4cccn4)cc3)c3ccccc3O2)C1. The summed E-state index contributed by atoms with van der Waals surface area (Å²) in [5.74, 6) is 1.45. The van der Waals surface area contributed by atoms with E-state index in [1.54, 1.807) is 6.20 Å². The number of anilines is 1. The van der Waals surface area contributed by atoms with E-state index in [0.717, 1.165) is 30.0 Å². The van der Waals surface area contributed by atoms with Crippen LogP contribution in [0.3, 0.4) is 0 Å². The van der Waals surface area contributed by atoms with Gasteiger partial charge in [-0.1, -0.05) is 31.2 Å². The van der Waals surface area contributed by atoms with E-state index in [2.05, 4.69) is 52.6 Å². The van der Waals surface area contributed by atoms with Gasteiger partial charge < -0.3 is 15.0 Å². The van der Waals surface area contributed by atoms with E-state index in [4.69, 9.17) is 4.74 Å². The molecule has 1 aliphatic heterocycles. The van der Waals surface area contributed by atoms with Crippen LogP contribution < -0.4 is 15.0 Å². The second kappa shape index (κ2) is 7.86. The Hall–Kier alpha value is -3.28. The maximum Gasteiger partial charge on any atom is 0.263 e. The molecule has 6 nitrogen and oxygen atoms in total. The highest BCUT2D eigenvalue weighted by Crippen LogP contribution is 2.34. The van der Waals surface area contributed by atoms with Crippen molar-refractivity contribution in [2.45, 2.75) is 38.5 Å². The van der Waals surface area contributed by atoms with Crippen molar-refractivity contribution in [2.24, 2.45) is 5.92 Å². The van der Waals surface area contributed by atoms with Gasteiger partial charge in [-0.25, -0.2) is 4.68 Å². The Morgan fingerprint density at radius 2 is 1.93 bits per heavy atom. The molecule has 0 saturated heterocycles. The van der Waals surface area contributed by atoms with Crippen molar-refractivity contribution in [1.82, 2.24) is 15.1 Å². The lowest BCUT2D eigenvalue weighted by Crippen LogP contribution is -2.53. The molecule has 30 heavy (non-hydrogen) atoms. The molecule has 1 aliphatic carbocycles. The first-order chi connectivity index (χ1) is 14.7. The van der Waals surface area contributed by atoms with Gasteiger partial charge in [0.25, 0.3) is 5.91 Å². The Morgan fingerprint density at radius 3 is 2.67 bits per heavy atom. The van der Waals surface area contributed by atoms with Gasteiger partial charge in [-0.05, 0) is 54.7 Å². The van der Waals surface area contributed by atoms with Gasteiger partial charge in [-0.3, -0.25) is 4.79 Å². The van der Waals surface area contributed by atoms with Gasteiger partial charge in [0.15, 0.2) is 6.10 Å². The van der Waals surface area contributed by atoms with Crippen LogP contribution in [0.25, 0.3) is 5.69 Å². The normalized spacial score (nSPS) is 22.6. The summed E-state index contributed by atoms with van der Waals surface area (Å²) in [6.07, 6.45) is 5.31. The van der Waals surface area contributed by atoms with Crippen LogP contribution in [0.1, 0.15) is 25.3 Å². The number of nitrogens with one attached hydrogen (secondary N) is 1. The molecule has 1 saturated carbocycles. The molecule has 0 bridgehead atoms. The number of aromatic nitrogens is 2. The van der Waals surface area contributed by atoms with E-state index in [0.29, 0.717) is 19.0 Å². The lowest BCUT2D eigenvalue weighted by atomic mass is 9.82. The number of hydrogen-bond donors (Lipinski definition) is 1. The smallest absolute Gasteiger partial charge is 0.263 e. The van der Waals surface area contributed by atoms with Crippen LogP contribution in [-0.2, 0) is 11.3 Å². The first-order valence-electron chi connectivity index (χ1n) is 10.6. The molecule has 154 valence electrons.